The Morgan fingerprint density at radius 2 is 1.88 bits per heavy atom. The lowest BCUT2D eigenvalue weighted by Gasteiger charge is -2.26. The van der Waals surface area contributed by atoms with Gasteiger partial charge in [0, 0.05) is 18.7 Å². The minimum absolute atomic E-state index is 0.00606. The van der Waals surface area contributed by atoms with Crippen LogP contribution in [0.25, 0.3) is 0 Å². The molecular formula is C17H18N5O2S+. The van der Waals surface area contributed by atoms with Crippen molar-refractivity contribution >= 4 is 28.3 Å². The van der Waals surface area contributed by atoms with Crippen LogP contribution in [0.15, 0.2) is 40.6 Å². The summed E-state index contributed by atoms with van der Waals surface area (Å²) in [5.74, 6) is -0.476. The molecule has 0 spiro atoms. The van der Waals surface area contributed by atoms with Crippen LogP contribution >= 0.6 is 11.3 Å². The highest BCUT2D eigenvalue weighted by molar-refractivity contribution is 7.17. The van der Waals surface area contributed by atoms with Gasteiger partial charge >= 0.3 is 5.91 Å². The van der Waals surface area contributed by atoms with Gasteiger partial charge < -0.3 is 4.90 Å². The highest BCUT2D eigenvalue weighted by atomic mass is 32.1. The Morgan fingerprint density at radius 1 is 1.16 bits per heavy atom. The summed E-state index contributed by atoms with van der Waals surface area (Å²) in [6.45, 7) is 3.35. The van der Waals surface area contributed by atoms with Crippen LogP contribution in [0, 0.1) is 6.92 Å². The Kier molecular flexibility index (Phi) is 5.42. The summed E-state index contributed by atoms with van der Waals surface area (Å²) in [6, 6.07) is 8.64. The maximum atomic E-state index is 12.5. The largest absolute Gasteiger partial charge is 0.360 e. The van der Waals surface area contributed by atoms with E-state index in [4.69, 9.17) is 0 Å². The van der Waals surface area contributed by atoms with Gasteiger partial charge in [-0.2, -0.15) is 0 Å². The van der Waals surface area contributed by atoms with Crippen LogP contribution in [0.3, 0.4) is 0 Å². The van der Waals surface area contributed by atoms with Crippen molar-refractivity contribution < 1.29 is 9.59 Å². The second-order valence-corrected chi connectivity index (χ2v) is 6.70. The zero-order valence-electron chi connectivity index (χ0n) is 13.9. The van der Waals surface area contributed by atoms with Crippen LogP contribution in [0.4, 0.5) is 5.13 Å². The van der Waals surface area contributed by atoms with Crippen molar-refractivity contribution in [2.45, 2.75) is 26.2 Å². The molecular weight excluding hydrogens is 338 g/mol. The molecule has 1 fully saturated rings. The Hall–Kier alpha value is -2.70. The van der Waals surface area contributed by atoms with Gasteiger partial charge in [-0.25, -0.2) is 4.98 Å². The van der Waals surface area contributed by atoms with E-state index in [-0.39, 0.29) is 5.91 Å². The second kappa shape index (κ2) is 7.92. The zero-order chi connectivity index (χ0) is 17.6. The van der Waals surface area contributed by atoms with Gasteiger partial charge in [0.25, 0.3) is 11.0 Å². The molecule has 3 rings (SSSR count). The number of aryl methyl sites for hydroxylation is 1. The van der Waals surface area contributed by atoms with Crippen LogP contribution in [0.1, 0.15) is 45.0 Å². The van der Waals surface area contributed by atoms with Crippen LogP contribution in [0.5, 0.6) is 0 Å². The molecule has 1 aromatic heterocycles. The summed E-state index contributed by atoms with van der Waals surface area (Å²) < 4.78 is 0. The van der Waals surface area contributed by atoms with E-state index in [9.17, 15) is 9.59 Å². The molecule has 128 valence electrons. The predicted molar refractivity (Wildman–Crippen MR) is 94.0 cm³/mol. The fourth-order valence-corrected chi connectivity index (χ4v) is 3.46. The molecule has 1 aliphatic heterocycles. The van der Waals surface area contributed by atoms with Gasteiger partial charge in [0.2, 0.25) is 10.0 Å². The lowest BCUT2D eigenvalue weighted by molar-refractivity contribution is 0.0728. The van der Waals surface area contributed by atoms with Gasteiger partial charge in [-0.15, -0.1) is 0 Å². The third kappa shape index (κ3) is 4.23. The number of likely N-dealkylation sites (tertiary alicyclic amines) is 1. The second-order valence-electron chi connectivity index (χ2n) is 5.72. The van der Waals surface area contributed by atoms with Gasteiger partial charge in [0.1, 0.15) is 4.88 Å². The summed E-state index contributed by atoms with van der Waals surface area (Å²) in [5.41, 5.74) is 1.07. The number of amides is 2. The first-order chi connectivity index (χ1) is 12.1. The van der Waals surface area contributed by atoms with E-state index in [1.807, 2.05) is 11.0 Å². The van der Waals surface area contributed by atoms with Crippen molar-refractivity contribution in [3.05, 3.63) is 46.5 Å². The number of piperidine rings is 1. The smallest absolute Gasteiger partial charge is 0.338 e. The zero-order valence-corrected chi connectivity index (χ0v) is 14.7. The van der Waals surface area contributed by atoms with Crippen molar-refractivity contribution in [2.75, 3.05) is 13.1 Å². The van der Waals surface area contributed by atoms with E-state index in [1.165, 1.54) is 17.8 Å². The summed E-state index contributed by atoms with van der Waals surface area (Å²) in [5, 5.41) is 7.73. The van der Waals surface area contributed by atoms with Crippen molar-refractivity contribution in [2.24, 2.45) is 10.2 Å². The molecule has 0 radical (unpaired) electrons. The lowest BCUT2D eigenvalue weighted by atomic mass is 10.1. The summed E-state index contributed by atoms with van der Waals surface area (Å²) >= 11 is 1.17. The quantitative estimate of drug-likeness (QED) is 0.622. The molecule has 1 aromatic carbocycles. The van der Waals surface area contributed by atoms with E-state index in [2.05, 4.69) is 20.1 Å². The minimum Gasteiger partial charge on any atom is -0.338 e. The van der Waals surface area contributed by atoms with Crippen LogP contribution in [-0.2, 0) is 0 Å². The number of benzene rings is 1. The van der Waals surface area contributed by atoms with Gasteiger partial charge in [0.15, 0.2) is 5.11 Å². The first kappa shape index (κ1) is 17.1. The average molecular weight is 356 g/mol. The molecule has 0 N–H and O–H groups in total. The van der Waals surface area contributed by atoms with E-state index in [1.54, 1.807) is 31.2 Å². The summed E-state index contributed by atoms with van der Waals surface area (Å²) in [6.07, 6.45) is 3.25. The molecule has 1 aliphatic rings. The number of thiazole rings is 1. The monoisotopic (exact) mass is 356 g/mol. The first-order valence-corrected chi connectivity index (χ1v) is 8.94. The fourth-order valence-electron chi connectivity index (χ4n) is 2.60. The predicted octanol–water partition coefficient (Wildman–Crippen LogP) is 3.52. The Morgan fingerprint density at radius 3 is 2.60 bits per heavy atom. The topological polar surface area (TPSA) is 89.1 Å². The van der Waals surface area contributed by atoms with Crippen LogP contribution < -0.4 is 4.91 Å². The molecule has 25 heavy (non-hydrogen) atoms. The van der Waals surface area contributed by atoms with Crippen molar-refractivity contribution in [3.63, 3.8) is 0 Å². The fraction of sp³-hybridized carbons (Fsp3) is 0.353. The Labute approximate surface area is 149 Å². The molecule has 0 unspecified atom stereocenters. The molecule has 0 saturated carbocycles. The van der Waals surface area contributed by atoms with Crippen LogP contribution in [0.2, 0.25) is 0 Å². The number of carbonyl (C=O) groups is 2. The molecule has 1 saturated heterocycles. The minimum atomic E-state index is -0.470. The van der Waals surface area contributed by atoms with Crippen molar-refractivity contribution in [3.8, 4) is 0 Å². The third-order valence-electron chi connectivity index (χ3n) is 3.91. The van der Waals surface area contributed by atoms with E-state index in [0.717, 1.165) is 25.9 Å². The normalized spacial score (nSPS) is 13.9. The SMILES string of the molecule is Cc1nc(N=[N+]=NC(=O)c2ccccc2)sc1C(=O)N1CCCCC1. The highest BCUT2D eigenvalue weighted by Gasteiger charge is 2.23. The molecule has 7 nitrogen and oxygen atoms in total. The number of hydrogen-bond donors (Lipinski definition) is 0. The van der Waals surface area contributed by atoms with Gasteiger partial charge in [-0.05, 0) is 38.3 Å². The Balaban J connectivity index is 1.72. The first-order valence-electron chi connectivity index (χ1n) is 8.13. The molecule has 0 bridgehead atoms. The van der Waals surface area contributed by atoms with E-state index < -0.39 is 5.91 Å². The Bertz CT molecular complexity index is 834. The third-order valence-corrected chi connectivity index (χ3v) is 4.94. The van der Waals surface area contributed by atoms with Gasteiger partial charge in [-0.1, -0.05) is 29.5 Å². The number of nitrogens with zero attached hydrogens (tertiary/aromatic N) is 5. The maximum Gasteiger partial charge on any atom is 0.360 e. The number of rotatable bonds is 3. The van der Waals surface area contributed by atoms with E-state index >= 15 is 0 Å². The molecule has 0 atom stereocenters. The van der Waals surface area contributed by atoms with Crippen LogP contribution in [-0.4, -0.2) is 34.8 Å². The number of aromatic nitrogens is 1. The van der Waals surface area contributed by atoms with Crippen molar-refractivity contribution in [1.29, 1.82) is 0 Å². The van der Waals surface area contributed by atoms with E-state index in [0.29, 0.717) is 21.3 Å². The molecule has 2 amide bonds. The molecule has 0 aliphatic carbocycles. The van der Waals surface area contributed by atoms with Gasteiger partial charge in [-0.3, -0.25) is 9.59 Å². The summed E-state index contributed by atoms with van der Waals surface area (Å²) in [4.78, 5) is 34.6. The number of carbonyl (C=O) groups excluding carboxylic acids is 2. The highest BCUT2D eigenvalue weighted by Crippen LogP contribution is 2.26. The molecule has 2 aromatic rings. The van der Waals surface area contributed by atoms with Gasteiger partial charge in [0.05, 0.1) is 5.69 Å². The standard InChI is InChI=1S/C17H18N5O2S/c1-12-14(16(24)22-10-6-3-7-11-22)25-17(18-12)20-21-19-15(23)13-8-4-2-5-9-13/h2,4-5,8-9H,3,6-7,10-11H2,1H3/q+1. The van der Waals surface area contributed by atoms with Crippen molar-refractivity contribution in [1.82, 2.24) is 14.8 Å². The average Bonchev–Trinajstić information content (AvgIpc) is 3.03. The lowest BCUT2D eigenvalue weighted by Crippen LogP contribution is -2.35. The summed E-state index contributed by atoms with van der Waals surface area (Å²) in [7, 11) is 0. The maximum absolute atomic E-state index is 12.5. The number of hydrogen-bond acceptors (Lipinski definition) is 5. The molecule has 8 heteroatoms. The molecule has 2 heterocycles.